The van der Waals surface area contributed by atoms with Crippen LogP contribution >= 0.6 is 0 Å². The van der Waals surface area contributed by atoms with E-state index in [-0.39, 0.29) is 5.91 Å². The largest absolute Gasteiger partial charge is 0.356 e. The van der Waals surface area contributed by atoms with Crippen LogP contribution in [0.4, 0.5) is 0 Å². The van der Waals surface area contributed by atoms with Gasteiger partial charge in [0.05, 0.1) is 0 Å². The lowest BCUT2D eigenvalue weighted by Gasteiger charge is -2.18. The zero-order chi connectivity index (χ0) is 9.68. The number of nitrogens with one attached hydrogen (secondary N) is 2. The Balaban J connectivity index is 2.33. The average Bonchev–Trinajstić information content (AvgIpc) is 2.31. The van der Waals surface area contributed by atoms with E-state index in [0.29, 0.717) is 18.5 Å². The van der Waals surface area contributed by atoms with Crippen LogP contribution in [-0.4, -0.2) is 24.5 Å². The molecule has 1 fully saturated rings. The van der Waals surface area contributed by atoms with Crippen molar-refractivity contribution < 1.29 is 4.79 Å². The van der Waals surface area contributed by atoms with Gasteiger partial charge in [0.25, 0.3) is 0 Å². The van der Waals surface area contributed by atoms with Crippen molar-refractivity contribution in [3.8, 4) is 0 Å². The summed E-state index contributed by atoms with van der Waals surface area (Å²) in [5, 5.41) is 6.28. The summed E-state index contributed by atoms with van der Waals surface area (Å²) in [7, 11) is 0. The molecule has 1 aliphatic heterocycles. The summed E-state index contributed by atoms with van der Waals surface area (Å²) in [4.78, 5) is 11.0. The molecule has 2 atom stereocenters. The van der Waals surface area contributed by atoms with E-state index in [1.807, 2.05) is 6.08 Å². The van der Waals surface area contributed by atoms with Crippen molar-refractivity contribution in [3.63, 3.8) is 0 Å². The molecule has 0 aromatic rings. The molecule has 0 saturated carbocycles. The Labute approximate surface area is 79.6 Å². The first kappa shape index (κ1) is 10.3. The smallest absolute Gasteiger partial charge is 0.220 e. The van der Waals surface area contributed by atoms with Crippen molar-refractivity contribution in [1.82, 2.24) is 10.6 Å². The van der Waals surface area contributed by atoms with Gasteiger partial charge in [0.15, 0.2) is 0 Å². The molecule has 0 aromatic heterocycles. The van der Waals surface area contributed by atoms with Crippen molar-refractivity contribution in [1.29, 1.82) is 0 Å². The zero-order valence-electron chi connectivity index (χ0n) is 8.18. The summed E-state index contributed by atoms with van der Waals surface area (Å²) in [6, 6.07) is 0.783. The first-order valence-corrected chi connectivity index (χ1v) is 4.87. The molecule has 3 heteroatoms. The first-order valence-electron chi connectivity index (χ1n) is 4.87. The van der Waals surface area contributed by atoms with Gasteiger partial charge in [-0.2, -0.15) is 0 Å². The molecule has 1 aliphatic rings. The molecule has 0 spiro atoms. The van der Waals surface area contributed by atoms with Crippen molar-refractivity contribution in [2.24, 2.45) is 0 Å². The minimum atomic E-state index is 0.176. The molecule has 1 heterocycles. The summed E-state index contributed by atoms with van der Waals surface area (Å²) in [5.41, 5.74) is 0. The lowest BCUT2D eigenvalue weighted by molar-refractivity contribution is -0.120. The topological polar surface area (TPSA) is 41.1 Å². The van der Waals surface area contributed by atoms with Crippen LogP contribution in [0.1, 0.15) is 26.2 Å². The molecule has 74 valence electrons. The van der Waals surface area contributed by atoms with Crippen LogP contribution in [0, 0.1) is 0 Å². The van der Waals surface area contributed by atoms with Crippen LogP contribution in [0.3, 0.4) is 0 Å². The van der Waals surface area contributed by atoms with Gasteiger partial charge in [0, 0.05) is 25.0 Å². The summed E-state index contributed by atoms with van der Waals surface area (Å²) in [6.07, 6.45) is 4.48. The normalized spacial score (nSPS) is 25.9. The van der Waals surface area contributed by atoms with E-state index in [1.165, 1.54) is 0 Å². The highest BCUT2D eigenvalue weighted by Gasteiger charge is 2.16. The third-order valence-corrected chi connectivity index (χ3v) is 2.39. The van der Waals surface area contributed by atoms with E-state index in [0.717, 1.165) is 19.4 Å². The molecule has 2 N–H and O–H groups in total. The molecular formula is C10H18N2O. The Morgan fingerprint density at radius 3 is 3.15 bits per heavy atom. The maximum Gasteiger partial charge on any atom is 0.220 e. The quantitative estimate of drug-likeness (QED) is 0.634. The second kappa shape index (κ2) is 5.02. The number of rotatable bonds is 3. The summed E-state index contributed by atoms with van der Waals surface area (Å²) in [6.45, 7) is 6.59. The second-order valence-electron chi connectivity index (χ2n) is 3.57. The molecular weight excluding hydrogens is 164 g/mol. The number of carbonyl (C=O) groups excluding carboxylic acids is 1. The fraction of sp³-hybridized carbons (Fsp3) is 0.700. The van der Waals surface area contributed by atoms with E-state index < -0.39 is 0 Å². The van der Waals surface area contributed by atoms with E-state index in [1.54, 1.807) is 0 Å². The molecule has 1 amide bonds. The molecule has 0 aliphatic carbocycles. The molecule has 13 heavy (non-hydrogen) atoms. The lowest BCUT2D eigenvalue weighted by Crippen LogP contribution is -2.35. The van der Waals surface area contributed by atoms with Gasteiger partial charge < -0.3 is 10.6 Å². The molecule has 1 saturated heterocycles. The molecule has 0 radical (unpaired) electrons. The van der Waals surface area contributed by atoms with Crippen molar-refractivity contribution in [2.75, 3.05) is 6.54 Å². The van der Waals surface area contributed by atoms with Crippen molar-refractivity contribution in [3.05, 3.63) is 12.7 Å². The fourth-order valence-corrected chi connectivity index (χ4v) is 1.53. The Morgan fingerprint density at radius 2 is 2.46 bits per heavy atom. The Bertz CT molecular complexity index is 191. The minimum Gasteiger partial charge on any atom is -0.356 e. The van der Waals surface area contributed by atoms with Crippen molar-refractivity contribution >= 4 is 5.91 Å². The zero-order valence-corrected chi connectivity index (χ0v) is 8.18. The van der Waals surface area contributed by atoms with Crippen molar-refractivity contribution in [2.45, 2.75) is 38.3 Å². The van der Waals surface area contributed by atoms with Crippen LogP contribution in [0.2, 0.25) is 0 Å². The monoisotopic (exact) mass is 182 g/mol. The van der Waals surface area contributed by atoms with Crippen LogP contribution in [0.5, 0.6) is 0 Å². The average molecular weight is 182 g/mol. The van der Waals surface area contributed by atoms with Gasteiger partial charge in [0.1, 0.15) is 0 Å². The number of hydrogen-bond acceptors (Lipinski definition) is 2. The standard InChI is InChI=1S/C10H18N2O/c1-3-8(2)12-9-4-5-10(13)11-7-6-9/h3,8-9,12H,1,4-7H2,2H3,(H,11,13). The maximum atomic E-state index is 11.0. The Kier molecular flexibility index (Phi) is 3.96. The van der Waals surface area contributed by atoms with E-state index in [4.69, 9.17) is 0 Å². The third kappa shape index (κ3) is 3.59. The van der Waals surface area contributed by atoms with Crippen LogP contribution < -0.4 is 10.6 Å². The highest BCUT2D eigenvalue weighted by atomic mass is 16.1. The maximum absolute atomic E-state index is 11.0. The van der Waals surface area contributed by atoms with Gasteiger partial charge in [-0.15, -0.1) is 6.58 Å². The van der Waals surface area contributed by atoms with Crippen LogP contribution in [0.15, 0.2) is 12.7 Å². The van der Waals surface area contributed by atoms with Crippen LogP contribution in [0.25, 0.3) is 0 Å². The summed E-state index contributed by atoms with van der Waals surface area (Å²) in [5.74, 6) is 0.176. The van der Waals surface area contributed by atoms with Gasteiger partial charge in [-0.1, -0.05) is 6.08 Å². The number of hydrogen-bond donors (Lipinski definition) is 2. The van der Waals surface area contributed by atoms with Gasteiger partial charge in [-0.05, 0) is 19.8 Å². The van der Waals surface area contributed by atoms with Gasteiger partial charge in [-0.3, -0.25) is 4.79 Å². The SMILES string of the molecule is C=CC(C)NC1CCNC(=O)CC1. The molecule has 0 aromatic carbocycles. The summed E-state index contributed by atoms with van der Waals surface area (Å²) >= 11 is 0. The Morgan fingerprint density at radius 1 is 1.69 bits per heavy atom. The fourth-order valence-electron chi connectivity index (χ4n) is 1.53. The third-order valence-electron chi connectivity index (χ3n) is 2.39. The molecule has 1 rings (SSSR count). The van der Waals surface area contributed by atoms with Gasteiger partial charge in [0.2, 0.25) is 5.91 Å². The molecule has 3 nitrogen and oxygen atoms in total. The number of amides is 1. The number of carbonyl (C=O) groups is 1. The highest BCUT2D eigenvalue weighted by molar-refractivity contribution is 5.76. The van der Waals surface area contributed by atoms with Gasteiger partial charge in [-0.25, -0.2) is 0 Å². The highest BCUT2D eigenvalue weighted by Crippen LogP contribution is 2.06. The van der Waals surface area contributed by atoms with E-state index in [9.17, 15) is 4.79 Å². The second-order valence-corrected chi connectivity index (χ2v) is 3.57. The summed E-state index contributed by atoms with van der Waals surface area (Å²) < 4.78 is 0. The molecule has 0 bridgehead atoms. The predicted molar refractivity (Wildman–Crippen MR) is 53.4 cm³/mol. The van der Waals surface area contributed by atoms with E-state index in [2.05, 4.69) is 24.1 Å². The predicted octanol–water partition coefficient (Wildman–Crippen LogP) is 0.819. The van der Waals surface area contributed by atoms with Gasteiger partial charge >= 0.3 is 0 Å². The molecule has 2 unspecified atom stereocenters. The van der Waals surface area contributed by atoms with Crippen LogP contribution in [-0.2, 0) is 4.79 Å². The first-order chi connectivity index (χ1) is 6.22. The lowest BCUT2D eigenvalue weighted by atomic mass is 10.1. The van der Waals surface area contributed by atoms with E-state index >= 15 is 0 Å². The Hall–Kier alpha value is -0.830. The minimum absolute atomic E-state index is 0.176.